The molecule has 2 aromatic rings. The maximum Gasteiger partial charge on any atom is 0.151 e. The van der Waals surface area contributed by atoms with E-state index in [1.807, 2.05) is 16.9 Å². The SMILES string of the molecule is CC(C)n1cc(-c2ccc(Cl)nn2)cn1. The van der Waals surface area contributed by atoms with Crippen LogP contribution < -0.4 is 0 Å². The van der Waals surface area contributed by atoms with Crippen molar-refractivity contribution in [2.24, 2.45) is 0 Å². The topological polar surface area (TPSA) is 43.6 Å². The molecule has 2 rings (SSSR count). The summed E-state index contributed by atoms with van der Waals surface area (Å²) in [6.45, 7) is 4.15. The first kappa shape index (κ1) is 10.1. The van der Waals surface area contributed by atoms with E-state index in [4.69, 9.17) is 11.6 Å². The molecule has 2 heterocycles. The second-order valence-electron chi connectivity index (χ2n) is 3.54. The second-order valence-corrected chi connectivity index (χ2v) is 3.93. The number of nitrogens with zero attached hydrogens (tertiary/aromatic N) is 4. The molecule has 0 atom stereocenters. The average Bonchev–Trinajstić information content (AvgIpc) is 2.68. The number of hydrogen-bond acceptors (Lipinski definition) is 3. The zero-order valence-corrected chi connectivity index (χ0v) is 9.31. The van der Waals surface area contributed by atoms with Crippen LogP contribution in [0, 0.1) is 0 Å². The minimum absolute atomic E-state index is 0.346. The molecule has 4 nitrogen and oxygen atoms in total. The van der Waals surface area contributed by atoms with Gasteiger partial charge in [0.05, 0.1) is 11.9 Å². The maximum absolute atomic E-state index is 5.66. The lowest BCUT2D eigenvalue weighted by Gasteiger charge is -2.02. The summed E-state index contributed by atoms with van der Waals surface area (Å²) in [5.41, 5.74) is 1.74. The first-order valence-electron chi connectivity index (χ1n) is 4.70. The summed E-state index contributed by atoms with van der Waals surface area (Å²) in [5.74, 6) is 0. The van der Waals surface area contributed by atoms with Gasteiger partial charge in [0, 0.05) is 17.8 Å². The van der Waals surface area contributed by atoms with Crippen molar-refractivity contribution in [2.45, 2.75) is 19.9 Å². The molecular formula is C10H11ClN4. The third-order valence-corrected chi connectivity index (χ3v) is 2.26. The molecule has 0 bridgehead atoms. The summed E-state index contributed by atoms with van der Waals surface area (Å²) in [6.07, 6.45) is 3.72. The molecule has 78 valence electrons. The lowest BCUT2D eigenvalue weighted by molar-refractivity contribution is 0.532. The highest BCUT2D eigenvalue weighted by Gasteiger charge is 2.05. The third kappa shape index (κ3) is 2.15. The van der Waals surface area contributed by atoms with Crippen molar-refractivity contribution in [3.63, 3.8) is 0 Å². The van der Waals surface area contributed by atoms with Gasteiger partial charge >= 0.3 is 0 Å². The van der Waals surface area contributed by atoms with Crippen LogP contribution in [0.15, 0.2) is 24.5 Å². The Kier molecular flexibility index (Phi) is 2.68. The summed E-state index contributed by atoms with van der Waals surface area (Å²) >= 11 is 5.66. The first-order valence-corrected chi connectivity index (χ1v) is 5.08. The Hall–Kier alpha value is -1.42. The van der Waals surface area contributed by atoms with Gasteiger partial charge in [-0.25, -0.2) is 0 Å². The van der Waals surface area contributed by atoms with Crippen molar-refractivity contribution in [1.82, 2.24) is 20.0 Å². The van der Waals surface area contributed by atoms with Crippen LogP contribution in [0.25, 0.3) is 11.3 Å². The van der Waals surface area contributed by atoms with Crippen molar-refractivity contribution < 1.29 is 0 Å². The van der Waals surface area contributed by atoms with Crippen LogP contribution in [-0.4, -0.2) is 20.0 Å². The number of rotatable bonds is 2. The Morgan fingerprint density at radius 2 is 2.07 bits per heavy atom. The molecule has 5 heteroatoms. The molecule has 0 fully saturated rings. The van der Waals surface area contributed by atoms with E-state index in [-0.39, 0.29) is 0 Å². The molecule has 0 saturated carbocycles. The monoisotopic (exact) mass is 222 g/mol. The molecule has 0 radical (unpaired) electrons. The Labute approximate surface area is 92.9 Å². The van der Waals surface area contributed by atoms with Gasteiger partial charge in [0.25, 0.3) is 0 Å². The van der Waals surface area contributed by atoms with E-state index in [2.05, 4.69) is 29.1 Å². The quantitative estimate of drug-likeness (QED) is 0.785. The smallest absolute Gasteiger partial charge is 0.151 e. The van der Waals surface area contributed by atoms with Crippen LogP contribution in [0.5, 0.6) is 0 Å². The highest BCUT2D eigenvalue weighted by molar-refractivity contribution is 6.29. The third-order valence-electron chi connectivity index (χ3n) is 2.06. The predicted octanol–water partition coefficient (Wildman–Crippen LogP) is 2.57. The summed E-state index contributed by atoms with van der Waals surface area (Å²) in [6, 6.07) is 3.90. The molecular weight excluding hydrogens is 212 g/mol. The largest absolute Gasteiger partial charge is 0.270 e. The van der Waals surface area contributed by atoms with Crippen molar-refractivity contribution in [3.8, 4) is 11.3 Å². The highest BCUT2D eigenvalue weighted by Crippen LogP contribution is 2.17. The van der Waals surface area contributed by atoms with Crippen molar-refractivity contribution in [2.75, 3.05) is 0 Å². The minimum atomic E-state index is 0.346. The second kappa shape index (κ2) is 3.98. The van der Waals surface area contributed by atoms with Gasteiger partial charge in [-0.3, -0.25) is 4.68 Å². The molecule has 0 N–H and O–H groups in total. The predicted molar refractivity (Wildman–Crippen MR) is 58.6 cm³/mol. The van der Waals surface area contributed by atoms with Crippen LogP contribution in [-0.2, 0) is 0 Å². The van der Waals surface area contributed by atoms with E-state index >= 15 is 0 Å². The number of aromatic nitrogens is 4. The van der Waals surface area contributed by atoms with Gasteiger partial charge in [-0.2, -0.15) is 5.10 Å². The average molecular weight is 223 g/mol. The fourth-order valence-corrected chi connectivity index (χ4v) is 1.32. The minimum Gasteiger partial charge on any atom is -0.270 e. The summed E-state index contributed by atoms with van der Waals surface area (Å²) < 4.78 is 1.88. The normalized spacial score (nSPS) is 10.9. The fraction of sp³-hybridized carbons (Fsp3) is 0.300. The van der Waals surface area contributed by atoms with Crippen molar-refractivity contribution in [1.29, 1.82) is 0 Å². The molecule has 0 spiro atoms. The molecule has 0 aliphatic heterocycles. The van der Waals surface area contributed by atoms with Gasteiger partial charge in [-0.1, -0.05) is 11.6 Å². The molecule has 15 heavy (non-hydrogen) atoms. The van der Waals surface area contributed by atoms with Crippen LogP contribution >= 0.6 is 11.6 Å². The van der Waals surface area contributed by atoms with Crippen LogP contribution in [0.2, 0.25) is 5.15 Å². The molecule has 2 aromatic heterocycles. The van der Waals surface area contributed by atoms with Gasteiger partial charge in [-0.05, 0) is 26.0 Å². The summed E-state index contributed by atoms with van der Waals surface area (Å²) in [5, 5.41) is 12.4. The van der Waals surface area contributed by atoms with E-state index < -0.39 is 0 Å². The van der Waals surface area contributed by atoms with Crippen LogP contribution in [0.3, 0.4) is 0 Å². The standard InChI is InChI=1S/C10H11ClN4/c1-7(2)15-6-8(5-12-15)9-3-4-10(11)14-13-9/h3-7H,1-2H3. The van der Waals surface area contributed by atoms with Crippen molar-refractivity contribution in [3.05, 3.63) is 29.7 Å². The number of hydrogen-bond donors (Lipinski definition) is 0. The first-order chi connectivity index (χ1) is 7.16. The molecule has 0 aromatic carbocycles. The molecule has 0 unspecified atom stereocenters. The Bertz CT molecular complexity index is 447. The molecule has 0 aliphatic carbocycles. The molecule has 0 saturated heterocycles. The zero-order valence-electron chi connectivity index (χ0n) is 8.55. The van der Waals surface area contributed by atoms with E-state index in [1.165, 1.54) is 0 Å². The maximum atomic E-state index is 5.66. The molecule has 0 amide bonds. The Morgan fingerprint density at radius 1 is 1.27 bits per heavy atom. The zero-order chi connectivity index (χ0) is 10.8. The van der Waals surface area contributed by atoms with Gasteiger partial charge in [0.15, 0.2) is 5.15 Å². The van der Waals surface area contributed by atoms with E-state index in [1.54, 1.807) is 12.3 Å². The number of halogens is 1. The van der Waals surface area contributed by atoms with Gasteiger partial charge in [0.1, 0.15) is 0 Å². The molecule has 0 aliphatic rings. The van der Waals surface area contributed by atoms with Gasteiger partial charge < -0.3 is 0 Å². The van der Waals surface area contributed by atoms with E-state index in [9.17, 15) is 0 Å². The Balaban J connectivity index is 2.33. The summed E-state index contributed by atoms with van der Waals surface area (Å²) in [4.78, 5) is 0. The highest BCUT2D eigenvalue weighted by atomic mass is 35.5. The van der Waals surface area contributed by atoms with Crippen LogP contribution in [0.1, 0.15) is 19.9 Å². The van der Waals surface area contributed by atoms with Crippen LogP contribution in [0.4, 0.5) is 0 Å². The lowest BCUT2D eigenvalue weighted by atomic mass is 10.2. The van der Waals surface area contributed by atoms with E-state index in [0.29, 0.717) is 11.2 Å². The lowest BCUT2D eigenvalue weighted by Crippen LogP contribution is -1.99. The van der Waals surface area contributed by atoms with Crippen molar-refractivity contribution >= 4 is 11.6 Å². The fourth-order valence-electron chi connectivity index (χ4n) is 1.22. The van der Waals surface area contributed by atoms with Gasteiger partial charge in [-0.15, -0.1) is 10.2 Å². The Morgan fingerprint density at radius 3 is 2.60 bits per heavy atom. The summed E-state index contributed by atoms with van der Waals surface area (Å²) in [7, 11) is 0. The van der Waals surface area contributed by atoms with E-state index in [0.717, 1.165) is 11.3 Å². The van der Waals surface area contributed by atoms with Gasteiger partial charge in [0.2, 0.25) is 0 Å².